The largest absolute Gasteiger partial charge is 0.542 e. The van der Waals surface area contributed by atoms with Crippen LogP contribution in [-0.2, 0) is 32.6 Å². The van der Waals surface area contributed by atoms with E-state index >= 15 is 0 Å². The first-order valence-electron chi connectivity index (χ1n) is 16.6. The number of likely N-dealkylation sites (tertiary alicyclic amines) is 1. The SMILES string of the molecule is CC(C)NS(=O)(=O)c1ccc(NC(=O)N[C@@H](Cc2ccc(O)cc2)C(=O)N[C@H]2CCC[N+](C)(Cc3ccc4c(c3)OCO4)C2)cc1.O=C([O-])C(F)(F)F. The number of fused-ring (bicyclic) bond motifs is 1. The minimum atomic E-state index is -5.19. The Bertz CT molecular complexity index is 1860. The molecule has 5 rings (SSSR count). The van der Waals surface area contributed by atoms with Crippen LogP contribution in [0.5, 0.6) is 17.2 Å². The number of carboxylic acid groups (broad SMARTS) is 1. The van der Waals surface area contributed by atoms with E-state index in [0.29, 0.717) is 5.69 Å². The number of halogens is 3. The van der Waals surface area contributed by atoms with E-state index in [-0.39, 0.29) is 41.8 Å². The van der Waals surface area contributed by atoms with Crippen molar-refractivity contribution in [3.8, 4) is 17.2 Å². The summed E-state index contributed by atoms with van der Waals surface area (Å²) in [6.45, 7) is 6.15. The van der Waals surface area contributed by atoms with Gasteiger partial charge >= 0.3 is 12.2 Å². The zero-order valence-electron chi connectivity index (χ0n) is 29.2. The summed E-state index contributed by atoms with van der Waals surface area (Å²) < 4.78 is 70.7. The molecule has 5 N–H and O–H groups in total. The highest BCUT2D eigenvalue weighted by atomic mass is 32.2. The number of alkyl halides is 3. The number of aromatic hydroxyl groups is 1. The molecule has 1 saturated heterocycles. The second kappa shape index (κ2) is 17.2. The molecule has 1 fully saturated rings. The van der Waals surface area contributed by atoms with Gasteiger partial charge in [0.05, 0.1) is 31.1 Å². The maximum Gasteiger partial charge on any atom is 0.430 e. The molecule has 0 saturated carbocycles. The number of carboxylic acids is 1. The van der Waals surface area contributed by atoms with Gasteiger partial charge in [-0.15, -0.1) is 0 Å². The lowest BCUT2D eigenvalue weighted by atomic mass is 10.00. The Morgan fingerprint density at radius 3 is 2.23 bits per heavy atom. The summed E-state index contributed by atoms with van der Waals surface area (Å²) in [5.41, 5.74) is 2.26. The number of sulfonamides is 1. The monoisotopic (exact) mass is 765 g/mol. The number of piperidine rings is 1. The molecule has 3 amide bonds. The van der Waals surface area contributed by atoms with Gasteiger partial charge in [0.25, 0.3) is 0 Å². The molecule has 3 aromatic rings. The molecule has 14 nitrogen and oxygen atoms in total. The smallest absolute Gasteiger partial charge is 0.430 e. The van der Waals surface area contributed by atoms with Gasteiger partial charge in [0.2, 0.25) is 22.7 Å². The summed E-state index contributed by atoms with van der Waals surface area (Å²) in [5.74, 6) is -1.73. The van der Waals surface area contributed by atoms with Crippen molar-refractivity contribution in [1.82, 2.24) is 15.4 Å². The number of urea groups is 1. The molecule has 0 radical (unpaired) electrons. The van der Waals surface area contributed by atoms with Gasteiger partial charge in [-0.25, -0.2) is 17.9 Å². The van der Waals surface area contributed by atoms with Crippen LogP contribution in [0, 0.1) is 0 Å². The maximum absolute atomic E-state index is 13.7. The summed E-state index contributed by atoms with van der Waals surface area (Å²) in [7, 11) is -1.50. The molecule has 288 valence electrons. The number of aliphatic carboxylic acids is 1. The lowest BCUT2D eigenvalue weighted by Crippen LogP contribution is -2.59. The molecule has 2 aliphatic rings. The predicted octanol–water partition coefficient (Wildman–Crippen LogP) is 2.76. The third kappa shape index (κ3) is 12.3. The number of amides is 3. The van der Waals surface area contributed by atoms with E-state index in [1.807, 2.05) is 18.2 Å². The summed E-state index contributed by atoms with van der Waals surface area (Å²) in [5, 5.41) is 27.2. The van der Waals surface area contributed by atoms with Gasteiger partial charge < -0.3 is 44.9 Å². The Balaban J connectivity index is 0.000000815. The number of nitrogens with zero attached hydrogens (tertiary/aromatic N) is 1. The van der Waals surface area contributed by atoms with E-state index in [9.17, 15) is 36.3 Å². The average Bonchev–Trinajstić information content (AvgIpc) is 3.53. The van der Waals surface area contributed by atoms with E-state index in [2.05, 4.69) is 27.7 Å². The standard InChI is InChI=1S/C33H41N5O7S.C2HF3O2/c1-22(2)37-46(42,43)28-13-9-25(10-14-28)35-33(41)36-29(17-23-6-11-27(39)12-7-23)32(40)34-26-5-4-16-38(3,20-26)19-24-8-15-30-31(18-24)45-21-44-30;3-2(4,5)1(6)7/h6-15,18,22,26,29,37H,4-5,16-17,19-21H2,1-3H3,(H3-,34,35,36,39,40,41);(H,6,7)/t26-,29-,38?;/m0./s1. The van der Waals surface area contributed by atoms with Crippen LogP contribution in [0.1, 0.15) is 37.8 Å². The van der Waals surface area contributed by atoms with E-state index in [1.165, 1.54) is 36.4 Å². The number of benzene rings is 3. The van der Waals surface area contributed by atoms with Crippen molar-refractivity contribution in [3.05, 3.63) is 77.9 Å². The van der Waals surface area contributed by atoms with Crippen LogP contribution in [-0.4, -0.2) is 87.1 Å². The number of carbonyl (C=O) groups is 3. The highest BCUT2D eigenvalue weighted by Crippen LogP contribution is 2.34. The average molecular weight is 766 g/mol. The molecule has 0 aliphatic carbocycles. The Hall–Kier alpha value is -5.07. The first kappa shape index (κ1) is 40.7. The van der Waals surface area contributed by atoms with Crippen LogP contribution in [0.25, 0.3) is 0 Å². The van der Waals surface area contributed by atoms with Crippen molar-refractivity contribution in [2.24, 2.45) is 0 Å². The van der Waals surface area contributed by atoms with Crippen molar-refractivity contribution in [2.75, 3.05) is 32.2 Å². The molecule has 3 aromatic carbocycles. The molecule has 0 aromatic heterocycles. The quantitative estimate of drug-likeness (QED) is 0.183. The van der Waals surface area contributed by atoms with Gasteiger partial charge in [0.1, 0.15) is 24.3 Å². The third-order valence-corrected chi connectivity index (χ3v) is 9.98. The molecule has 3 atom stereocenters. The fraction of sp³-hybridized carbons (Fsp3) is 0.400. The molecule has 2 aliphatic heterocycles. The van der Waals surface area contributed by atoms with Crippen LogP contribution in [0.3, 0.4) is 0 Å². The first-order chi connectivity index (χ1) is 24.8. The second-order valence-corrected chi connectivity index (χ2v) is 15.0. The fourth-order valence-corrected chi connectivity index (χ4v) is 7.23. The van der Waals surface area contributed by atoms with Crippen LogP contribution >= 0.6 is 0 Å². The molecular weight excluding hydrogens is 723 g/mol. The summed E-state index contributed by atoms with van der Waals surface area (Å²) in [6.07, 6.45) is -3.24. The van der Waals surface area contributed by atoms with Crippen LogP contribution in [0.4, 0.5) is 23.7 Å². The third-order valence-electron chi connectivity index (χ3n) is 8.30. The highest BCUT2D eigenvalue weighted by molar-refractivity contribution is 7.89. The van der Waals surface area contributed by atoms with Gasteiger partial charge in [0.15, 0.2) is 11.5 Å². The second-order valence-electron chi connectivity index (χ2n) is 13.3. The molecule has 2 heterocycles. The molecule has 0 bridgehead atoms. The number of likely N-dealkylation sites (N-methyl/N-ethyl adjacent to an activating group) is 1. The Morgan fingerprint density at radius 1 is 0.981 bits per heavy atom. The van der Waals surface area contributed by atoms with Crippen molar-refractivity contribution in [3.63, 3.8) is 0 Å². The lowest BCUT2D eigenvalue weighted by molar-refractivity contribution is -0.927. The van der Waals surface area contributed by atoms with Gasteiger partial charge in [-0.3, -0.25) is 4.79 Å². The zero-order chi connectivity index (χ0) is 39.0. The van der Waals surface area contributed by atoms with E-state index < -0.39 is 34.2 Å². The van der Waals surface area contributed by atoms with E-state index in [0.717, 1.165) is 59.6 Å². The number of anilines is 1. The van der Waals surface area contributed by atoms with Gasteiger partial charge in [-0.2, -0.15) is 13.2 Å². The minimum absolute atomic E-state index is 0.0770. The maximum atomic E-state index is 13.7. The number of ether oxygens (including phenoxy) is 2. The zero-order valence-corrected chi connectivity index (χ0v) is 30.1. The van der Waals surface area contributed by atoms with Gasteiger partial charge in [0, 0.05) is 23.7 Å². The summed E-state index contributed by atoms with van der Waals surface area (Å²) in [6, 6.07) is 16.4. The van der Waals surface area contributed by atoms with Crippen LogP contribution in [0.2, 0.25) is 0 Å². The molecular formula is C35H42F3N5O9S. The topological polar surface area (TPSA) is 195 Å². The number of phenols is 1. The Morgan fingerprint density at radius 2 is 1.60 bits per heavy atom. The summed E-state index contributed by atoms with van der Waals surface area (Å²) >= 11 is 0. The highest BCUT2D eigenvalue weighted by Gasteiger charge is 2.34. The Kier molecular flexibility index (Phi) is 13.2. The summed E-state index contributed by atoms with van der Waals surface area (Å²) in [4.78, 5) is 35.6. The van der Waals surface area contributed by atoms with E-state index in [1.54, 1.807) is 26.0 Å². The number of nitrogens with one attached hydrogen (secondary N) is 4. The molecule has 53 heavy (non-hydrogen) atoms. The first-order valence-corrected chi connectivity index (χ1v) is 18.1. The predicted molar refractivity (Wildman–Crippen MR) is 184 cm³/mol. The van der Waals surface area contributed by atoms with Crippen molar-refractivity contribution < 1.29 is 60.1 Å². The number of hydrogen-bond donors (Lipinski definition) is 5. The van der Waals surface area contributed by atoms with Crippen molar-refractivity contribution >= 4 is 33.6 Å². The van der Waals surface area contributed by atoms with E-state index in [4.69, 9.17) is 19.4 Å². The number of hydrogen-bond acceptors (Lipinski definition) is 9. The Labute approximate surface area is 304 Å². The fourth-order valence-electron chi connectivity index (χ4n) is 5.98. The molecule has 18 heteroatoms. The van der Waals surface area contributed by atoms with Crippen LogP contribution < -0.4 is 35.3 Å². The normalized spacial score (nSPS) is 18.7. The van der Waals surface area contributed by atoms with Gasteiger partial charge in [-0.05, 0) is 86.8 Å². The molecule has 1 unspecified atom stereocenters. The number of carbonyl (C=O) groups excluding carboxylic acids is 3. The van der Waals surface area contributed by atoms with Gasteiger partial charge in [-0.1, -0.05) is 12.1 Å². The number of rotatable bonds is 11. The number of quaternary nitrogens is 1. The van der Waals surface area contributed by atoms with Crippen molar-refractivity contribution in [2.45, 2.75) is 68.9 Å². The lowest BCUT2D eigenvalue weighted by Gasteiger charge is -2.42. The molecule has 0 spiro atoms. The van der Waals surface area contributed by atoms with Crippen molar-refractivity contribution in [1.29, 1.82) is 0 Å². The van der Waals surface area contributed by atoms with Crippen LogP contribution in [0.15, 0.2) is 71.6 Å². The number of phenolic OH excluding ortho intramolecular Hbond substituents is 1. The minimum Gasteiger partial charge on any atom is -0.542 e.